The molecular weight excluding hydrogens is 293 g/mol. The molecule has 4 heteroatoms. The van der Waals surface area contributed by atoms with Crippen molar-refractivity contribution in [3.63, 3.8) is 0 Å². The second-order valence-corrected chi connectivity index (χ2v) is 5.18. The molecule has 0 saturated carbocycles. The van der Waals surface area contributed by atoms with Gasteiger partial charge in [0.05, 0.1) is 10.5 Å². The molecule has 0 unspecified atom stereocenters. The van der Waals surface area contributed by atoms with Crippen LogP contribution < -0.4 is 0 Å². The molecule has 98 valence electrons. The number of rotatable bonds is 2. The highest BCUT2D eigenvalue weighted by molar-refractivity contribution is 6.37. The standard InChI is InChI=1S/C16H9Cl2NO/c17-11-6-7-14(18)13(9-11)16(20)12-5-1-3-10-4-2-8-19-15(10)12/h1-9H. The van der Waals surface area contributed by atoms with Crippen molar-refractivity contribution in [2.45, 2.75) is 0 Å². The lowest BCUT2D eigenvalue weighted by Crippen LogP contribution is -2.04. The zero-order chi connectivity index (χ0) is 14.1. The van der Waals surface area contributed by atoms with Crippen LogP contribution in [0, 0.1) is 0 Å². The molecule has 0 saturated heterocycles. The zero-order valence-corrected chi connectivity index (χ0v) is 11.8. The van der Waals surface area contributed by atoms with Gasteiger partial charge < -0.3 is 0 Å². The Morgan fingerprint density at radius 1 is 0.950 bits per heavy atom. The monoisotopic (exact) mass is 301 g/mol. The maximum atomic E-state index is 12.7. The summed E-state index contributed by atoms with van der Waals surface area (Å²) in [6.07, 6.45) is 1.67. The van der Waals surface area contributed by atoms with Gasteiger partial charge in [0.2, 0.25) is 0 Å². The maximum absolute atomic E-state index is 12.7. The van der Waals surface area contributed by atoms with E-state index in [-0.39, 0.29) is 5.78 Å². The molecule has 0 aliphatic rings. The fourth-order valence-electron chi connectivity index (χ4n) is 2.10. The van der Waals surface area contributed by atoms with Crippen LogP contribution in [0.25, 0.3) is 10.9 Å². The summed E-state index contributed by atoms with van der Waals surface area (Å²) in [5.74, 6) is -0.179. The number of para-hydroxylation sites is 1. The number of hydrogen-bond acceptors (Lipinski definition) is 2. The highest BCUT2D eigenvalue weighted by Crippen LogP contribution is 2.26. The molecule has 0 spiro atoms. The number of hydrogen-bond donors (Lipinski definition) is 0. The number of carbonyl (C=O) groups excluding carboxylic acids is 1. The Labute approximate surface area is 126 Å². The number of ketones is 1. The quantitative estimate of drug-likeness (QED) is 0.638. The molecule has 0 bridgehead atoms. The van der Waals surface area contributed by atoms with Crippen LogP contribution in [0.1, 0.15) is 15.9 Å². The van der Waals surface area contributed by atoms with Gasteiger partial charge in [-0.05, 0) is 30.3 Å². The number of aromatic nitrogens is 1. The molecule has 3 rings (SSSR count). The Bertz CT molecular complexity index is 809. The number of fused-ring (bicyclic) bond motifs is 1. The van der Waals surface area contributed by atoms with Crippen LogP contribution in [0.2, 0.25) is 10.0 Å². The maximum Gasteiger partial charge on any atom is 0.196 e. The molecule has 1 heterocycles. The molecular formula is C16H9Cl2NO. The molecule has 20 heavy (non-hydrogen) atoms. The molecule has 3 aromatic rings. The number of pyridine rings is 1. The van der Waals surface area contributed by atoms with Crippen LogP contribution >= 0.6 is 23.2 Å². The lowest BCUT2D eigenvalue weighted by molar-refractivity contribution is 0.104. The van der Waals surface area contributed by atoms with Gasteiger partial charge in [0.15, 0.2) is 5.78 Å². The van der Waals surface area contributed by atoms with Crippen LogP contribution in [0.15, 0.2) is 54.7 Å². The molecule has 0 aliphatic heterocycles. The average Bonchev–Trinajstić information content (AvgIpc) is 2.48. The minimum atomic E-state index is -0.179. The molecule has 2 nitrogen and oxygen atoms in total. The summed E-state index contributed by atoms with van der Waals surface area (Å²) in [4.78, 5) is 16.9. The highest BCUT2D eigenvalue weighted by Gasteiger charge is 2.16. The van der Waals surface area contributed by atoms with Gasteiger partial charge in [0, 0.05) is 27.7 Å². The minimum absolute atomic E-state index is 0.179. The lowest BCUT2D eigenvalue weighted by Gasteiger charge is -2.07. The van der Waals surface area contributed by atoms with E-state index in [9.17, 15) is 4.79 Å². The number of nitrogens with zero attached hydrogens (tertiary/aromatic N) is 1. The fourth-order valence-corrected chi connectivity index (χ4v) is 2.48. The van der Waals surface area contributed by atoms with Crippen LogP contribution in [-0.4, -0.2) is 10.8 Å². The van der Waals surface area contributed by atoms with E-state index in [4.69, 9.17) is 23.2 Å². The van der Waals surface area contributed by atoms with Crippen molar-refractivity contribution in [3.05, 3.63) is 75.9 Å². The molecule has 0 atom stereocenters. The van der Waals surface area contributed by atoms with Crippen LogP contribution in [0.5, 0.6) is 0 Å². The van der Waals surface area contributed by atoms with Gasteiger partial charge in [-0.2, -0.15) is 0 Å². The Morgan fingerprint density at radius 2 is 1.75 bits per heavy atom. The predicted octanol–water partition coefficient (Wildman–Crippen LogP) is 4.77. The van der Waals surface area contributed by atoms with E-state index in [0.29, 0.717) is 26.7 Å². The third kappa shape index (κ3) is 2.28. The van der Waals surface area contributed by atoms with Crippen molar-refractivity contribution in [3.8, 4) is 0 Å². The van der Waals surface area contributed by atoms with Crippen molar-refractivity contribution in [2.75, 3.05) is 0 Å². The third-order valence-corrected chi connectivity index (χ3v) is 3.62. The van der Waals surface area contributed by atoms with Crippen molar-refractivity contribution in [1.29, 1.82) is 0 Å². The van der Waals surface area contributed by atoms with Crippen molar-refractivity contribution < 1.29 is 4.79 Å². The molecule has 2 aromatic carbocycles. The summed E-state index contributed by atoms with van der Waals surface area (Å²) >= 11 is 12.0. The van der Waals surface area contributed by atoms with Crippen LogP contribution in [-0.2, 0) is 0 Å². The minimum Gasteiger partial charge on any atom is -0.288 e. The van der Waals surface area contributed by atoms with Crippen molar-refractivity contribution in [2.24, 2.45) is 0 Å². The lowest BCUT2D eigenvalue weighted by atomic mass is 10.0. The van der Waals surface area contributed by atoms with Gasteiger partial charge in [-0.3, -0.25) is 9.78 Å². The first-order valence-corrected chi connectivity index (χ1v) is 6.76. The summed E-state index contributed by atoms with van der Waals surface area (Å²) < 4.78 is 0. The second kappa shape index (κ2) is 5.23. The molecule has 0 radical (unpaired) electrons. The molecule has 0 fully saturated rings. The summed E-state index contributed by atoms with van der Waals surface area (Å²) in [6.45, 7) is 0. The topological polar surface area (TPSA) is 30.0 Å². The van der Waals surface area contributed by atoms with Gasteiger partial charge in [-0.25, -0.2) is 0 Å². The van der Waals surface area contributed by atoms with E-state index >= 15 is 0 Å². The van der Waals surface area contributed by atoms with E-state index in [1.807, 2.05) is 24.3 Å². The van der Waals surface area contributed by atoms with E-state index in [0.717, 1.165) is 5.39 Å². The first-order valence-electron chi connectivity index (χ1n) is 6.00. The number of carbonyl (C=O) groups is 1. The first kappa shape index (κ1) is 13.1. The smallest absolute Gasteiger partial charge is 0.196 e. The van der Waals surface area contributed by atoms with Crippen molar-refractivity contribution >= 4 is 39.9 Å². The van der Waals surface area contributed by atoms with E-state index in [1.54, 1.807) is 30.5 Å². The second-order valence-electron chi connectivity index (χ2n) is 4.33. The van der Waals surface area contributed by atoms with Crippen LogP contribution in [0.3, 0.4) is 0 Å². The largest absolute Gasteiger partial charge is 0.288 e. The van der Waals surface area contributed by atoms with Gasteiger partial charge in [0.1, 0.15) is 0 Å². The predicted molar refractivity (Wildman–Crippen MR) is 81.6 cm³/mol. The molecule has 0 aliphatic carbocycles. The summed E-state index contributed by atoms with van der Waals surface area (Å²) in [7, 11) is 0. The van der Waals surface area contributed by atoms with Gasteiger partial charge in [-0.1, -0.05) is 41.4 Å². The Hall–Kier alpha value is -1.90. The average molecular weight is 302 g/mol. The Balaban J connectivity index is 2.20. The van der Waals surface area contributed by atoms with Crippen molar-refractivity contribution in [1.82, 2.24) is 4.98 Å². The van der Waals surface area contributed by atoms with E-state index in [1.165, 1.54) is 0 Å². The Kier molecular flexibility index (Phi) is 3.43. The fraction of sp³-hybridized carbons (Fsp3) is 0. The molecule has 0 amide bonds. The van der Waals surface area contributed by atoms with E-state index in [2.05, 4.69) is 4.98 Å². The number of benzene rings is 2. The SMILES string of the molecule is O=C(c1cc(Cl)ccc1Cl)c1cccc2cccnc12. The zero-order valence-electron chi connectivity index (χ0n) is 10.3. The number of halogens is 2. The van der Waals surface area contributed by atoms with Gasteiger partial charge >= 0.3 is 0 Å². The highest BCUT2D eigenvalue weighted by atomic mass is 35.5. The normalized spacial score (nSPS) is 10.7. The van der Waals surface area contributed by atoms with Crippen LogP contribution in [0.4, 0.5) is 0 Å². The molecule has 1 aromatic heterocycles. The summed E-state index contributed by atoms with van der Waals surface area (Å²) in [5, 5.41) is 1.77. The summed E-state index contributed by atoms with van der Waals surface area (Å²) in [6, 6.07) is 14.1. The van der Waals surface area contributed by atoms with Gasteiger partial charge in [0.25, 0.3) is 0 Å². The Morgan fingerprint density at radius 3 is 2.60 bits per heavy atom. The summed E-state index contributed by atoms with van der Waals surface area (Å²) in [5.41, 5.74) is 1.57. The first-order chi connectivity index (χ1) is 9.66. The molecule has 0 N–H and O–H groups in total. The third-order valence-electron chi connectivity index (χ3n) is 3.05. The van der Waals surface area contributed by atoms with Gasteiger partial charge in [-0.15, -0.1) is 0 Å². The van der Waals surface area contributed by atoms with E-state index < -0.39 is 0 Å².